The van der Waals surface area contributed by atoms with Gasteiger partial charge in [0.1, 0.15) is 5.69 Å². The molecule has 0 unspecified atom stereocenters. The molecule has 4 rings (SSSR count). The van der Waals surface area contributed by atoms with Crippen molar-refractivity contribution in [1.82, 2.24) is 20.0 Å². The first kappa shape index (κ1) is 17.2. The van der Waals surface area contributed by atoms with Crippen LogP contribution >= 0.6 is 0 Å². The summed E-state index contributed by atoms with van der Waals surface area (Å²) in [5, 5.41) is 7.42. The molecule has 2 aliphatic rings. The molecule has 1 aromatic heterocycles. The number of aromatic nitrogens is 2. The van der Waals surface area contributed by atoms with Crippen molar-refractivity contribution in [3.63, 3.8) is 0 Å². The number of carbonyl (C=O) groups excluding carboxylic acids is 1. The summed E-state index contributed by atoms with van der Waals surface area (Å²) < 4.78 is 5.32. The van der Waals surface area contributed by atoms with Crippen LogP contribution in [0.5, 0.6) is 0 Å². The van der Waals surface area contributed by atoms with Gasteiger partial charge in [-0.3, -0.25) is 14.8 Å². The van der Waals surface area contributed by atoms with Gasteiger partial charge in [-0.25, -0.2) is 0 Å². The number of nitrogens with one attached hydrogen (secondary N) is 1. The van der Waals surface area contributed by atoms with E-state index in [0.717, 1.165) is 31.7 Å². The van der Waals surface area contributed by atoms with Crippen molar-refractivity contribution in [3.8, 4) is 0 Å². The van der Waals surface area contributed by atoms with Crippen LogP contribution in [0, 0.1) is 0 Å². The molecule has 2 aliphatic heterocycles. The number of carbonyl (C=O) groups is 1. The maximum absolute atomic E-state index is 12.6. The number of amides is 1. The van der Waals surface area contributed by atoms with Gasteiger partial charge in [-0.15, -0.1) is 0 Å². The van der Waals surface area contributed by atoms with Crippen molar-refractivity contribution in [1.29, 1.82) is 0 Å². The molecule has 0 spiro atoms. The Hall–Kier alpha value is -2.18. The number of H-pyrrole nitrogens is 1. The smallest absolute Gasteiger partial charge is 0.274 e. The number of aromatic amines is 1. The summed E-state index contributed by atoms with van der Waals surface area (Å²) >= 11 is 0. The summed E-state index contributed by atoms with van der Waals surface area (Å²) in [6.07, 6.45) is 2.31. The molecule has 1 amide bonds. The molecule has 138 valence electrons. The average Bonchev–Trinajstić information content (AvgIpc) is 3.19. The third-order valence-corrected chi connectivity index (χ3v) is 5.31. The lowest BCUT2D eigenvalue weighted by atomic mass is 9.94. The van der Waals surface area contributed by atoms with Crippen LogP contribution in [0.15, 0.2) is 36.4 Å². The second-order valence-electron chi connectivity index (χ2n) is 7.17. The van der Waals surface area contributed by atoms with E-state index in [-0.39, 0.29) is 5.91 Å². The molecule has 26 heavy (non-hydrogen) atoms. The van der Waals surface area contributed by atoms with Crippen LogP contribution < -0.4 is 0 Å². The Labute approximate surface area is 154 Å². The minimum absolute atomic E-state index is 0.00718. The van der Waals surface area contributed by atoms with Crippen LogP contribution in [-0.2, 0) is 11.3 Å². The zero-order chi connectivity index (χ0) is 17.8. The zero-order valence-corrected chi connectivity index (χ0v) is 15.1. The molecule has 0 bridgehead atoms. The predicted octanol–water partition coefficient (Wildman–Crippen LogP) is 2.26. The Bertz CT molecular complexity index is 724. The molecule has 2 fully saturated rings. The first-order valence-electron chi connectivity index (χ1n) is 9.48. The van der Waals surface area contributed by atoms with E-state index < -0.39 is 0 Å². The van der Waals surface area contributed by atoms with Gasteiger partial charge in [0.05, 0.1) is 13.2 Å². The molecule has 6 heteroatoms. The van der Waals surface area contributed by atoms with Crippen LogP contribution in [0.25, 0.3) is 0 Å². The summed E-state index contributed by atoms with van der Waals surface area (Å²) in [6, 6.07) is 12.6. The summed E-state index contributed by atoms with van der Waals surface area (Å²) in [5.41, 5.74) is 2.96. The van der Waals surface area contributed by atoms with Crippen LogP contribution in [0.3, 0.4) is 0 Å². The van der Waals surface area contributed by atoms with Gasteiger partial charge in [-0.1, -0.05) is 30.3 Å². The van der Waals surface area contributed by atoms with Crippen LogP contribution in [0.4, 0.5) is 0 Å². The van der Waals surface area contributed by atoms with Gasteiger partial charge in [-0.2, -0.15) is 5.10 Å². The molecule has 0 aliphatic carbocycles. The Morgan fingerprint density at radius 3 is 2.81 bits per heavy atom. The van der Waals surface area contributed by atoms with Crippen molar-refractivity contribution in [2.45, 2.75) is 25.3 Å². The Morgan fingerprint density at radius 1 is 1.19 bits per heavy atom. The minimum atomic E-state index is 0.00718. The van der Waals surface area contributed by atoms with E-state index in [1.807, 2.05) is 11.0 Å². The fraction of sp³-hybridized carbons (Fsp3) is 0.500. The minimum Gasteiger partial charge on any atom is -0.378 e. The maximum Gasteiger partial charge on any atom is 0.274 e. The van der Waals surface area contributed by atoms with E-state index in [1.165, 1.54) is 12.0 Å². The van der Waals surface area contributed by atoms with E-state index in [9.17, 15) is 4.79 Å². The van der Waals surface area contributed by atoms with Crippen molar-refractivity contribution in [2.24, 2.45) is 0 Å². The molecule has 3 heterocycles. The van der Waals surface area contributed by atoms with Crippen molar-refractivity contribution in [3.05, 3.63) is 53.3 Å². The second-order valence-corrected chi connectivity index (χ2v) is 7.17. The number of rotatable bonds is 4. The summed E-state index contributed by atoms with van der Waals surface area (Å²) in [4.78, 5) is 16.9. The van der Waals surface area contributed by atoms with E-state index in [4.69, 9.17) is 4.74 Å². The molecule has 2 aromatic rings. The van der Waals surface area contributed by atoms with Gasteiger partial charge in [0, 0.05) is 37.8 Å². The predicted molar refractivity (Wildman–Crippen MR) is 99.0 cm³/mol. The number of hydrogen-bond donors (Lipinski definition) is 1. The molecule has 1 atom stereocenters. The van der Waals surface area contributed by atoms with Crippen molar-refractivity contribution in [2.75, 3.05) is 39.4 Å². The topological polar surface area (TPSA) is 61.5 Å². The van der Waals surface area contributed by atoms with Crippen LogP contribution in [0.2, 0.25) is 0 Å². The van der Waals surface area contributed by atoms with Gasteiger partial charge in [0.2, 0.25) is 0 Å². The number of piperidine rings is 1. The lowest BCUT2D eigenvalue weighted by Gasteiger charge is -2.32. The highest BCUT2D eigenvalue weighted by Crippen LogP contribution is 2.27. The molecule has 1 N–H and O–H groups in total. The van der Waals surface area contributed by atoms with E-state index >= 15 is 0 Å². The lowest BCUT2D eigenvalue weighted by molar-refractivity contribution is 0.0299. The van der Waals surface area contributed by atoms with Gasteiger partial charge < -0.3 is 9.64 Å². The summed E-state index contributed by atoms with van der Waals surface area (Å²) in [5.74, 6) is 0.416. The van der Waals surface area contributed by atoms with Crippen molar-refractivity contribution >= 4 is 5.91 Å². The highest BCUT2D eigenvalue weighted by Gasteiger charge is 2.26. The molecule has 0 radical (unpaired) electrons. The second kappa shape index (κ2) is 8.01. The Kier molecular flexibility index (Phi) is 5.32. The largest absolute Gasteiger partial charge is 0.378 e. The van der Waals surface area contributed by atoms with Gasteiger partial charge in [-0.05, 0) is 31.0 Å². The van der Waals surface area contributed by atoms with Crippen LogP contribution in [-0.4, -0.2) is 65.3 Å². The maximum atomic E-state index is 12.6. The number of likely N-dealkylation sites (tertiary alicyclic amines) is 1. The Morgan fingerprint density at radius 2 is 2.00 bits per heavy atom. The number of morpholine rings is 1. The highest BCUT2D eigenvalue weighted by atomic mass is 16.5. The standard InChI is InChI=1S/C20H26N4O2/c25-20(24-9-11-26-12-10-24)19-13-18(21-22-19)17-7-4-8-23(15-17)14-16-5-2-1-3-6-16/h1-3,5-6,13,17H,4,7-12,14-15H2,(H,21,22)/t17-/m0/s1. The van der Waals surface area contributed by atoms with E-state index in [0.29, 0.717) is 37.9 Å². The van der Waals surface area contributed by atoms with E-state index in [1.54, 1.807) is 0 Å². The first-order chi connectivity index (χ1) is 12.8. The lowest BCUT2D eigenvalue weighted by Crippen LogP contribution is -2.40. The number of benzene rings is 1. The highest BCUT2D eigenvalue weighted by molar-refractivity contribution is 5.92. The normalized spacial score (nSPS) is 21.7. The van der Waals surface area contributed by atoms with Gasteiger partial charge >= 0.3 is 0 Å². The summed E-state index contributed by atoms with van der Waals surface area (Å²) in [7, 11) is 0. The number of hydrogen-bond acceptors (Lipinski definition) is 4. The summed E-state index contributed by atoms with van der Waals surface area (Å²) in [6.45, 7) is 5.62. The molecular weight excluding hydrogens is 328 g/mol. The molecule has 1 aromatic carbocycles. The fourth-order valence-corrected chi connectivity index (χ4v) is 3.88. The van der Waals surface area contributed by atoms with Gasteiger partial charge in [0.25, 0.3) is 5.91 Å². The monoisotopic (exact) mass is 354 g/mol. The van der Waals surface area contributed by atoms with Crippen LogP contribution in [0.1, 0.15) is 40.5 Å². The quantitative estimate of drug-likeness (QED) is 0.915. The molecular formula is C20H26N4O2. The third-order valence-electron chi connectivity index (χ3n) is 5.31. The van der Waals surface area contributed by atoms with Crippen molar-refractivity contribution < 1.29 is 9.53 Å². The number of nitrogens with zero attached hydrogens (tertiary/aromatic N) is 3. The molecule has 2 saturated heterocycles. The van der Waals surface area contributed by atoms with Gasteiger partial charge in [0.15, 0.2) is 0 Å². The first-order valence-corrected chi connectivity index (χ1v) is 9.48. The third kappa shape index (κ3) is 3.97. The fourth-order valence-electron chi connectivity index (χ4n) is 3.88. The average molecular weight is 354 g/mol. The Balaban J connectivity index is 1.39. The SMILES string of the molecule is O=C(c1cc([C@H]2CCCN(Cc3ccccc3)C2)[nH]n1)N1CCOCC1. The number of ether oxygens (including phenoxy) is 1. The molecule has 6 nitrogen and oxygen atoms in total. The van der Waals surface area contributed by atoms with E-state index in [2.05, 4.69) is 45.4 Å². The molecule has 0 saturated carbocycles. The zero-order valence-electron chi connectivity index (χ0n) is 15.1.